The van der Waals surface area contributed by atoms with Crippen molar-refractivity contribution >= 4 is 23.2 Å². The molecule has 1 aromatic rings. The number of fused-ring (bicyclic) bond motifs is 1. The van der Waals surface area contributed by atoms with Crippen LogP contribution in [0.25, 0.3) is 0 Å². The highest BCUT2D eigenvalue weighted by molar-refractivity contribution is 6.22. The van der Waals surface area contributed by atoms with Crippen molar-refractivity contribution in [3.05, 3.63) is 35.4 Å². The average Bonchev–Trinajstić information content (AvgIpc) is 2.44. The SMILES string of the molecule is CC(CCl)(CCl)NCC1CCCc2ccccc21. The topological polar surface area (TPSA) is 12.0 Å². The Morgan fingerprint density at radius 1 is 1.28 bits per heavy atom. The van der Waals surface area contributed by atoms with Crippen molar-refractivity contribution < 1.29 is 0 Å². The van der Waals surface area contributed by atoms with Gasteiger partial charge in [0, 0.05) is 23.8 Å². The van der Waals surface area contributed by atoms with Gasteiger partial charge in [-0.2, -0.15) is 0 Å². The fourth-order valence-corrected chi connectivity index (χ4v) is 3.04. The summed E-state index contributed by atoms with van der Waals surface area (Å²) in [7, 11) is 0. The van der Waals surface area contributed by atoms with E-state index in [4.69, 9.17) is 23.2 Å². The summed E-state index contributed by atoms with van der Waals surface area (Å²) in [5, 5.41) is 3.54. The molecule has 0 heterocycles. The minimum atomic E-state index is -0.157. The molecule has 0 saturated carbocycles. The van der Waals surface area contributed by atoms with Crippen molar-refractivity contribution in [2.24, 2.45) is 0 Å². The van der Waals surface area contributed by atoms with Gasteiger partial charge in [-0.15, -0.1) is 23.2 Å². The maximum atomic E-state index is 5.98. The second-order valence-electron chi connectivity index (χ2n) is 5.50. The van der Waals surface area contributed by atoms with Gasteiger partial charge in [-0.05, 0) is 43.2 Å². The summed E-state index contributed by atoms with van der Waals surface area (Å²) in [4.78, 5) is 0. The van der Waals surface area contributed by atoms with Gasteiger partial charge >= 0.3 is 0 Å². The van der Waals surface area contributed by atoms with Gasteiger partial charge in [0.1, 0.15) is 0 Å². The van der Waals surface area contributed by atoms with E-state index in [2.05, 4.69) is 36.5 Å². The Labute approximate surface area is 120 Å². The summed E-state index contributed by atoms with van der Waals surface area (Å²) in [6, 6.07) is 8.79. The quantitative estimate of drug-likeness (QED) is 0.809. The van der Waals surface area contributed by atoms with E-state index in [1.54, 1.807) is 0 Å². The van der Waals surface area contributed by atoms with E-state index in [0.29, 0.717) is 17.7 Å². The number of benzene rings is 1. The average molecular weight is 286 g/mol. The van der Waals surface area contributed by atoms with E-state index in [9.17, 15) is 0 Å². The van der Waals surface area contributed by atoms with Gasteiger partial charge in [0.15, 0.2) is 0 Å². The third-order valence-electron chi connectivity index (χ3n) is 3.86. The van der Waals surface area contributed by atoms with Gasteiger partial charge in [0.2, 0.25) is 0 Å². The molecular formula is C15H21Cl2N. The summed E-state index contributed by atoms with van der Waals surface area (Å²) in [6.45, 7) is 3.05. The molecule has 0 fully saturated rings. The van der Waals surface area contributed by atoms with Gasteiger partial charge in [0.05, 0.1) is 0 Å². The van der Waals surface area contributed by atoms with Crippen LogP contribution in [0.2, 0.25) is 0 Å². The number of hydrogen-bond acceptors (Lipinski definition) is 1. The Balaban J connectivity index is 2.03. The monoisotopic (exact) mass is 285 g/mol. The van der Waals surface area contributed by atoms with Crippen LogP contribution in [0.4, 0.5) is 0 Å². The minimum Gasteiger partial charge on any atom is -0.309 e. The zero-order chi connectivity index (χ0) is 13.0. The Kier molecular flexibility index (Phi) is 4.94. The second-order valence-corrected chi connectivity index (χ2v) is 6.03. The predicted molar refractivity (Wildman–Crippen MR) is 80.0 cm³/mol. The lowest BCUT2D eigenvalue weighted by atomic mass is 9.82. The standard InChI is InChI=1S/C15H21Cl2N/c1-15(10-16,11-17)18-9-13-7-4-6-12-5-2-3-8-14(12)13/h2-3,5,8,13,18H,4,6-7,9-11H2,1H3. The lowest BCUT2D eigenvalue weighted by Gasteiger charge is -2.31. The maximum Gasteiger partial charge on any atom is 0.0425 e. The first-order valence-corrected chi connectivity index (χ1v) is 7.70. The van der Waals surface area contributed by atoms with Crippen molar-refractivity contribution in [3.63, 3.8) is 0 Å². The van der Waals surface area contributed by atoms with Crippen LogP contribution in [0.15, 0.2) is 24.3 Å². The first-order chi connectivity index (χ1) is 8.68. The molecule has 0 saturated heterocycles. The van der Waals surface area contributed by atoms with Crippen molar-refractivity contribution in [2.45, 2.75) is 37.6 Å². The molecule has 1 atom stereocenters. The van der Waals surface area contributed by atoms with Crippen LogP contribution in [-0.2, 0) is 6.42 Å². The second kappa shape index (κ2) is 6.27. The highest BCUT2D eigenvalue weighted by Crippen LogP contribution is 2.31. The van der Waals surface area contributed by atoms with E-state index in [1.165, 1.54) is 30.4 Å². The van der Waals surface area contributed by atoms with E-state index in [-0.39, 0.29) is 5.54 Å². The first-order valence-electron chi connectivity index (χ1n) is 6.63. The van der Waals surface area contributed by atoms with Crippen molar-refractivity contribution in [2.75, 3.05) is 18.3 Å². The van der Waals surface area contributed by atoms with Crippen LogP contribution in [0.3, 0.4) is 0 Å². The summed E-state index contributed by atoms with van der Waals surface area (Å²) < 4.78 is 0. The Hall–Kier alpha value is -0.240. The Bertz CT molecular complexity index is 388. The van der Waals surface area contributed by atoms with E-state index < -0.39 is 0 Å². The molecule has 18 heavy (non-hydrogen) atoms. The third kappa shape index (κ3) is 3.20. The molecular weight excluding hydrogens is 265 g/mol. The van der Waals surface area contributed by atoms with Crippen LogP contribution in [0.1, 0.15) is 36.8 Å². The lowest BCUT2D eigenvalue weighted by Crippen LogP contribution is -2.47. The van der Waals surface area contributed by atoms with E-state index in [0.717, 1.165) is 6.54 Å². The van der Waals surface area contributed by atoms with Crippen LogP contribution in [0.5, 0.6) is 0 Å². The zero-order valence-electron chi connectivity index (χ0n) is 10.9. The molecule has 3 heteroatoms. The molecule has 0 bridgehead atoms. The molecule has 1 N–H and O–H groups in total. The number of halogens is 2. The van der Waals surface area contributed by atoms with Gasteiger partial charge in [-0.1, -0.05) is 24.3 Å². The Morgan fingerprint density at radius 3 is 2.72 bits per heavy atom. The molecule has 1 unspecified atom stereocenters. The molecule has 1 aromatic carbocycles. The summed E-state index contributed by atoms with van der Waals surface area (Å²) >= 11 is 12.0. The van der Waals surface area contributed by atoms with Gasteiger partial charge in [-0.25, -0.2) is 0 Å². The number of aryl methyl sites for hydroxylation is 1. The van der Waals surface area contributed by atoms with Crippen LogP contribution < -0.4 is 5.32 Å². The van der Waals surface area contributed by atoms with Crippen molar-refractivity contribution in [1.82, 2.24) is 5.32 Å². The van der Waals surface area contributed by atoms with E-state index in [1.807, 2.05) is 0 Å². The van der Waals surface area contributed by atoms with E-state index >= 15 is 0 Å². The highest BCUT2D eigenvalue weighted by Gasteiger charge is 2.25. The number of rotatable bonds is 5. The van der Waals surface area contributed by atoms with Crippen LogP contribution in [0, 0.1) is 0 Å². The minimum absolute atomic E-state index is 0.157. The van der Waals surface area contributed by atoms with Gasteiger partial charge in [0.25, 0.3) is 0 Å². The normalized spacial score (nSPS) is 19.6. The number of hydrogen-bond donors (Lipinski definition) is 1. The molecule has 1 aliphatic rings. The number of nitrogens with one attached hydrogen (secondary N) is 1. The van der Waals surface area contributed by atoms with Crippen molar-refractivity contribution in [1.29, 1.82) is 0 Å². The molecule has 0 radical (unpaired) electrons. The summed E-state index contributed by atoms with van der Waals surface area (Å²) in [5.74, 6) is 1.69. The third-order valence-corrected chi connectivity index (χ3v) is 5.04. The molecule has 0 aromatic heterocycles. The maximum absolute atomic E-state index is 5.98. The molecule has 2 rings (SSSR count). The number of alkyl halides is 2. The van der Waals surface area contributed by atoms with Crippen LogP contribution in [-0.4, -0.2) is 23.8 Å². The molecule has 1 aliphatic carbocycles. The Morgan fingerprint density at radius 2 is 2.00 bits per heavy atom. The predicted octanol–water partition coefficient (Wildman–Crippen LogP) is 3.93. The zero-order valence-corrected chi connectivity index (χ0v) is 12.4. The fraction of sp³-hybridized carbons (Fsp3) is 0.600. The lowest BCUT2D eigenvalue weighted by molar-refractivity contribution is 0.397. The molecule has 100 valence electrons. The summed E-state index contributed by atoms with van der Waals surface area (Å²) in [5.41, 5.74) is 2.85. The van der Waals surface area contributed by atoms with Crippen molar-refractivity contribution in [3.8, 4) is 0 Å². The summed E-state index contributed by atoms with van der Waals surface area (Å²) in [6.07, 6.45) is 3.75. The van der Waals surface area contributed by atoms with Crippen LogP contribution >= 0.6 is 23.2 Å². The highest BCUT2D eigenvalue weighted by atomic mass is 35.5. The molecule has 0 spiro atoms. The first kappa shape index (κ1) is 14.2. The molecule has 0 amide bonds. The fourth-order valence-electron chi connectivity index (χ4n) is 2.57. The molecule has 0 aliphatic heterocycles. The van der Waals surface area contributed by atoms with Gasteiger partial charge in [-0.3, -0.25) is 0 Å². The largest absolute Gasteiger partial charge is 0.309 e. The molecule has 1 nitrogen and oxygen atoms in total. The van der Waals surface area contributed by atoms with Gasteiger partial charge < -0.3 is 5.32 Å². The smallest absolute Gasteiger partial charge is 0.0425 e.